The lowest BCUT2D eigenvalue weighted by Crippen LogP contribution is -2.20. The zero-order chi connectivity index (χ0) is 16.9. The molecule has 0 atom stereocenters. The molecule has 2 aromatic carbocycles. The van der Waals surface area contributed by atoms with Crippen molar-refractivity contribution in [1.29, 1.82) is 0 Å². The van der Waals surface area contributed by atoms with Crippen molar-refractivity contribution in [2.75, 3.05) is 11.4 Å². The molecule has 3 aromatic rings. The lowest BCUT2D eigenvalue weighted by Gasteiger charge is -2.22. The molecule has 1 fully saturated rings. The van der Waals surface area contributed by atoms with Gasteiger partial charge in [-0.15, -0.1) is 0 Å². The number of halogens is 1. The topological polar surface area (TPSA) is 38.2 Å². The van der Waals surface area contributed by atoms with Crippen LogP contribution >= 0.6 is 11.6 Å². The van der Waals surface area contributed by atoms with Gasteiger partial charge >= 0.3 is 0 Å². The molecule has 1 aliphatic heterocycles. The van der Waals surface area contributed by atoms with E-state index in [4.69, 9.17) is 16.3 Å². The second-order valence-electron chi connectivity index (χ2n) is 6.63. The molecule has 1 saturated carbocycles. The molecule has 0 radical (unpaired) electrons. The summed E-state index contributed by atoms with van der Waals surface area (Å²) in [4.78, 5) is 10.9. The number of benzene rings is 2. The lowest BCUT2D eigenvalue weighted by atomic mass is 10.0. The Morgan fingerprint density at radius 1 is 1.00 bits per heavy atom. The highest BCUT2D eigenvalue weighted by Crippen LogP contribution is 2.58. The predicted molar refractivity (Wildman–Crippen MR) is 97.9 cm³/mol. The molecule has 1 aliphatic carbocycles. The highest BCUT2D eigenvalue weighted by atomic mass is 35.5. The maximum Gasteiger partial charge on any atom is 0.224 e. The number of hydrogen-bond donors (Lipinski definition) is 0. The van der Waals surface area contributed by atoms with Gasteiger partial charge in [0, 0.05) is 23.7 Å². The molecule has 0 unspecified atom stereocenters. The molecule has 5 rings (SSSR count). The monoisotopic (exact) mass is 349 g/mol. The molecule has 2 heterocycles. The van der Waals surface area contributed by atoms with Crippen LogP contribution in [0.15, 0.2) is 60.8 Å². The summed E-state index contributed by atoms with van der Waals surface area (Å²) < 4.78 is 6.14. The Bertz CT molecular complexity index is 941. The van der Waals surface area contributed by atoms with Crippen LogP contribution in [0.2, 0.25) is 5.28 Å². The van der Waals surface area contributed by atoms with E-state index in [0.717, 1.165) is 29.5 Å². The molecule has 4 nitrogen and oxygen atoms in total. The first-order valence-electron chi connectivity index (χ1n) is 8.38. The van der Waals surface area contributed by atoms with E-state index in [1.54, 1.807) is 0 Å². The number of ether oxygens (including phenoxy) is 1. The minimum Gasteiger partial charge on any atom is -0.455 e. The van der Waals surface area contributed by atoms with E-state index in [1.165, 1.54) is 18.4 Å². The smallest absolute Gasteiger partial charge is 0.224 e. The number of hydrogen-bond acceptors (Lipinski definition) is 4. The summed E-state index contributed by atoms with van der Waals surface area (Å²) in [5.74, 6) is 2.53. The molecule has 0 saturated heterocycles. The Balaban J connectivity index is 1.58. The van der Waals surface area contributed by atoms with Crippen molar-refractivity contribution in [3.8, 4) is 11.5 Å². The van der Waals surface area contributed by atoms with Crippen LogP contribution in [0.4, 0.5) is 11.5 Å². The van der Waals surface area contributed by atoms with Crippen molar-refractivity contribution in [2.24, 2.45) is 0 Å². The van der Waals surface area contributed by atoms with E-state index in [1.807, 2.05) is 54.7 Å². The molecule has 0 bridgehead atoms. The van der Waals surface area contributed by atoms with Crippen LogP contribution in [-0.4, -0.2) is 16.5 Å². The van der Waals surface area contributed by atoms with Crippen molar-refractivity contribution < 1.29 is 4.74 Å². The third-order valence-electron chi connectivity index (χ3n) is 5.01. The van der Waals surface area contributed by atoms with Gasteiger partial charge in [-0.2, -0.15) is 4.98 Å². The zero-order valence-corrected chi connectivity index (χ0v) is 14.3. The van der Waals surface area contributed by atoms with E-state index in [-0.39, 0.29) is 10.7 Å². The maximum absolute atomic E-state index is 6.14. The average Bonchev–Trinajstić information content (AvgIpc) is 3.34. The van der Waals surface area contributed by atoms with Gasteiger partial charge in [-0.1, -0.05) is 30.3 Å². The number of rotatable bonds is 3. The van der Waals surface area contributed by atoms with Gasteiger partial charge in [0.15, 0.2) is 5.75 Å². The van der Waals surface area contributed by atoms with Crippen LogP contribution in [0.1, 0.15) is 18.4 Å². The quantitative estimate of drug-likeness (QED) is 0.616. The number of aromatic nitrogens is 2. The zero-order valence-electron chi connectivity index (χ0n) is 13.5. The molecule has 5 heteroatoms. The normalized spacial score (nSPS) is 16.8. The summed E-state index contributed by atoms with van der Waals surface area (Å²) in [5.41, 5.74) is 2.39. The molecule has 1 aromatic heterocycles. The third kappa shape index (κ3) is 2.45. The molecule has 25 heavy (non-hydrogen) atoms. The first-order valence-corrected chi connectivity index (χ1v) is 8.76. The number of nitrogens with zero attached hydrogens (tertiary/aromatic N) is 3. The lowest BCUT2D eigenvalue weighted by molar-refractivity contribution is 0.482. The highest BCUT2D eigenvalue weighted by molar-refractivity contribution is 6.28. The van der Waals surface area contributed by atoms with Gasteiger partial charge in [0.2, 0.25) is 5.28 Å². The van der Waals surface area contributed by atoms with Crippen molar-refractivity contribution in [3.05, 3.63) is 71.6 Å². The molecule has 0 amide bonds. The summed E-state index contributed by atoms with van der Waals surface area (Å²) in [6.07, 6.45) is 4.23. The molecular weight excluding hydrogens is 334 g/mol. The largest absolute Gasteiger partial charge is 0.455 e. The summed E-state index contributed by atoms with van der Waals surface area (Å²) in [6.45, 7) is 0.895. The Hall–Kier alpha value is -2.59. The summed E-state index contributed by atoms with van der Waals surface area (Å²) >= 11 is 6.08. The fourth-order valence-electron chi connectivity index (χ4n) is 3.55. The maximum atomic E-state index is 6.14. The fourth-order valence-corrected chi connectivity index (χ4v) is 3.68. The number of fused-ring (bicyclic) bond motifs is 2. The van der Waals surface area contributed by atoms with Crippen LogP contribution in [0.3, 0.4) is 0 Å². The van der Waals surface area contributed by atoms with Gasteiger partial charge in [0.1, 0.15) is 11.6 Å². The predicted octanol–water partition coefficient (Wildman–Crippen LogP) is 5.11. The Morgan fingerprint density at radius 3 is 2.56 bits per heavy atom. The SMILES string of the molecule is Clc1ncc2c(n1)N(c1ccccc1Oc1ccccc1)CC21CC1. The minimum atomic E-state index is 0.180. The second kappa shape index (κ2) is 5.46. The van der Waals surface area contributed by atoms with Crippen molar-refractivity contribution >= 4 is 23.1 Å². The highest BCUT2D eigenvalue weighted by Gasteiger charge is 2.53. The van der Waals surface area contributed by atoms with Crippen LogP contribution in [0.5, 0.6) is 11.5 Å². The van der Waals surface area contributed by atoms with Crippen LogP contribution in [-0.2, 0) is 5.41 Å². The van der Waals surface area contributed by atoms with Gasteiger partial charge in [-0.3, -0.25) is 0 Å². The van der Waals surface area contributed by atoms with E-state index < -0.39 is 0 Å². The molecule has 2 aliphatic rings. The minimum absolute atomic E-state index is 0.180. The van der Waals surface area contributed by atoms with Crippen molar-refractivity contribution in [2.45, 2.75) is 18.3 Å². The van der Waals surface area contributed by atoms with E-state index >= 15 is 0 Å². The second-order valence-corrected chi connectivity index (χ2v) is 6.96. The van der Waals surface area contributed by atoms with Crippen molar-refractivity contribution in [1.82, 2.24) is 9.97 Å². The Labute approximate surface area is 151 Å². The van der Waals surface area contributed by atoms with Crippen LogP contribution in [0, 0.1) is 0 Å². The van der Waals surface area contributed by atoms with E-state index in [9.17, 15) is 0 Å². The number of para-hydroxylation sites is 3. The third-order valence-corrected chi connectivity index (χ3v) is 5.19. The molecular formula is C20H16ClN3O. The van der Waals surface area contributed by atoms with Crippen LogP contribution < -0.4 is 9.64 Å². The molecule has 1 spiro atoms. The van der Waals surface area contributed by atoms with E-state index in [0.29, 0.717) is 0 Å². The van der Waals surface area contributed by atoms with Gasteiger partial charge in [0.25, 0.3) is 0 Å². The standard InChI is InChI=1S/C20H16ClN3O/c21-19-22-12-15-18(23-19)24(13-20(15)10-11-20)16-8-4-5-9-17(16)25-14-6-2-1-3-7-14/h1-9,12H,10-11,13H2. The van der Waals surface area contributed by atoms with Crippen molar-refractivity contribution in [3.63, 3.8) is 0 Å². The Kier molecular flexibility index (Phi) is 3.22. The first kappa shape index (κ1) is 14.7. The summed E-state index contributed by atoms with van der Waals surface area (Å²) in [5, 5.41) is 0.280. The van der Waals surface area contributed by atoms with Crippen LogP contribution in [0.25, 0.3) is 0 Å². The summed E-state index contributed by atoms with van der Waals surface area (Å²) in [6, 6.07) is 17.9. The average molecular weight is 350 g/mol. The Morgan fingerprint density at radius 2 is 1.76 bits per heavy atom. The van der Waals surface area contributed by atoms with Gasteiger partial charge < -0.3 is 9.64 Å². The number of anilines is 2. The van der Waals surface area contributed by atoms with E-state index in [2.05, 4.69) is 20.9 Å². The van der Waals surface area contributed by atoms with Gasteiger partial charge in [-0.25, -0.2) is 4.98 Å². The van der Waals surface area contributed by atoms with Gasteiger partial charge in [0.05, 0.1) is 5.69 Å². The van der Waals surface area contributed by atoms with Gasteiger partial charge in [-0.05, 0) is 48.7 Å². The summed E-state index contributed by atoms with van der Waals surface area (Å²) in [7, 11) is 0. The molecule has 0 N–H and O–H groups in total. The molecule has 124 valence electrons. The first-order chi connectivity index (χ1) is 12.3. The fraction of sp³-hybridized carbons (Fsp3) is 0.200.